The van der Waals surface area contributed by atoms with E-state index in [0.717, 1.165) is 30.3 Å². The molecule has 0 unspecified atom stereocenters. The molecule has 7 heteroatoms. The third kappa shape index (κ3) is 4.05. The molecule has 1 amide bonds. The van der Waals surface area contributed by atoms with E-state index in [0.29, 0.717) is 30.9 Å². The van der Waals surface area contributed by atoms with Gasteiger partial charge in [-0.3, -0.25) is 9.69 Å². The number of aromatic nitrogens is 1. The van der Waals surface area contributed by atoms with Crippen molar-refractivity contribution >= 4 is 11.7 Å². The summed E-state index contributed by atoms with van der Waals surface area (Å²) in [4.78, 5) is 20.7. The van der Waals surface area contributed by atoms with Crippen LogP contribution in [0.3, 0.4) is 0 Å². The van der Waals surface area contributed by atoms with E-state index >= 15 is 0 Å². The van der Waals surface area contributed by atoms with Gasteiger partial charge in [0.05, 0.1) is 12.1 Å². The van der Waals surface area contributed by atoms with E-state index in [1.54, 1.807) is 12.1 Å². The van der Waals surface area contributed by atoms with Crippen LogP contribution in [0.25, 0.3) is 0 Å². The van der Waals surface area contributed by atoms with E-state index in [1.165, 1.54) is 0 Å². The minimum atomic E-state index is -0.473. The Kier molecular flexibility index (Phi) is 5.58. The van der Waals surface area contributed by atoms with E-state index in [1.807, 2.05) is 26.0 Å². The van der Waals surface area contributed by atoms with E-state index in [-0.39, 0.29) is 12.6 Å². The van der Waals surface area contributed by atoms with Gasteiger partial charge in [-0.1, -0.05) is 0 Å². The molecule has 1 aliphatic heterocycles. The number of carbonyl (C=O) groups excluding carboxylic acids is 1. The largest absolute Gasteiger partial charge is 0.465 e. The van der Waals surface area contributed by atoms with Crippen LogP contribution in [-0.2, 0) is 6.54 Å². The molecule has 0 aliphatic carbocycles. The summed E-state index contributed by atoms with van der Waals surface area (Å²) in [7, 11) is 0. The second kappa shape index (κ2) is 7.88. The zero-order chi connectivity index (χ0) is 18.7. The molecule has 0 saturated carbocycles. The van der Waals surface area contributed by atoms with E-state index in [4.69, 9.17) is 10.2 Å². The van der Waals surface area contributed by atoms with E-state index < -0.39 is 5.91 Å². The number of piperazine rings is 1. The number of pyridine rings is 1. The SMILES string of the molecule is Cc1ccc(C(N)=O)c(N2CCN(Cc3ccc(C)o3)[C@H](CCO)C2)n1. The Bertz CT molecular complexity index is 774. The van der Waals surface area contributed by atoms with Crippen LogP contribution in [0.15, 0.2) is 28.7 Å². The molecule has 1 saturated heterocycles. The van der Waals surface area contributed by atoms with Gasteiger partial charge in [-0.15, -0.1) is 0 Å². The van der Waals surface area contributed by atoms with Crippen LogP contribution in [0.1, 0.15) is 34.0 Å². The highest BCUT2D eigenvalue weighted by Gasteiger charge is 2.29. The Morgan fingerprint density at radius 1 is 1.31 bits per heavy atom. The molecule has 3 rings (SSSR count). The van der Waals surface area contributed by atoms with Crippen LogP contribution in [0.5, 0.6) is 0 Å². The van der Waals surface area contributed by atoms with Crippen molar-refractivity contribution in [3.63, 3.8) is 0 Å². The third-order valence-electron chi connectivity index (χ3n) is 4.80. The van der Waals surface area contributed by atoms with Crippen molar-refractivity contribution in [2.45, 2.75) is 32.9 Å². The fourth-order valence-electron chi connectivity index (χ4n) is 3.46. The molecule has 2 aromatic heterocycles. The van der Waals surface area contributed by atoms with Gasteiger partial charge in [0.15, 0.2) is 0 Å². The fraction of sp³-hybridized carbons (Fsp3) is 0.474. The van der Waals surface area contributed by atoms with Gasteiger partial charge >= 0.3 is 0 Å². The summed E-state index contributed by atoms with van der Waals surface area (Å²) >= 11 is 0. The van der Waals surface area contributed by atoms with Crippen LogP contribution in [0.4, 0.5) is 5.82 Å². The maximum absolute atomic E-state index is 11.8. The topological polar surface area (TPSA) is 95.8 Å². The number of primary amides is 1. The zero-order valence-corrected chi connectivity index (χ0v) is 15.3. The zero-order valence-electron chi connectivity index (χ0n) is 15.3. The van der Waals surface area contributed by atoms with Crippen molar-refractivity contribution in [2.75, 3.05) is 31.1 Å². The first kappa shape index (κ1) is 18.4. The van der Waals surface area contributed by atoms with Crippen LogP contribution >= 0.6 is 0 Å². The number of rotatable bonds is 6. The number of amides is 1. The summed E-state index contributed by atoms with van der Waals surface area (Å²) in [6.45, 7) is 6.84. The van der Waals surface area contributed by atoms with E-state index in [9.17, 15) is 9.90 Å². The second-order valence-corrected chi connectivity index (χ2v) is 6.78. The summed E-state index contributed by atoms with van der Waals surface area (Å²) < 4.78 is 5.70. The molecule has 0 bridgehead atoms. The lowest BCUT2D eigenvalue weighted by atomic mass is 10.1. The Hall–Kier alpha value is -2.38. The lowest BCUT2D eigenvalue weighted by Gasteiger charge is -2.42. The molecular weight excluding hydrogens is 332 g/mol. The third-order valence-corrected chi connectivity index (χ3v) is 4.80. The Labute approximate surface area is 153 Å². The minimum Gasteiger partial charge on any atom is -0.465 e. The molecule has 26 heavy (non-hydrogen) atoms. The van der Waals surface area contributed by atoms with Gasteiger partial charge in [-0.25, -0.2) is 4.98 Å². The number of hydrogen-bond acceptors (Lipinski definition) is 6. The monoisotopic (exact) mass is 358 g/mol. The van der Waals surface area contributed by atoms with Crippen molar-refractivity contribution in [1.82, 2.24) is 9.88 Å². The maximum atomic E-state index is 11.8. The molecule has 1 atom stereocenters. The highest BCUT2D eigenvalue weighted by Crippen LogP contribution is 2.24. The number of nitrogens with two attached hydrogens (primary N) is 1. The van der Waals surface area contributed by atoms with Gasteiger partial charge in [-0.05, 0) is 44.5 Å². The van der Waals surface area contributed by atoms with Crippen LogP contribution in [0, 0.1) is 13.8 Å². The Morgan fingerprint density at radius 2 is 2.12 bits per heavy atom. The molecule has 2 aromatic rings. The average molecular weight is 358 g/mol. The average Bonchev–Trinajstić information content (AvgIpc) is 3.01. The number of nitrogens with zero attached hydrogens (tertiary/aromatic N) is 3. The fourth-order valence-corrected chi connectivity index (χ4v) is 3.46. The molecule has 3 heterocycles. The second-order valence-electron chi connectivity index (χ2n) is 6.78. The van der Waals surface area contributed by atoms with Crippen molar-refractivity contribution in [2.24, 2.45) is 5.73 Å². The molecule has 7 nitrogen and oxygen atoms in total. The number of carbonyl (C=O) groups is 1. The molecule has 1 aliphatic rings. The standard InChI is InChI=1S/C19H26N4O3/c1-13-3-6-17(18(20)25)19(21-13)23-9-8-22(15(11-23)7-10-24)12-16-5-4-14(2)26-16/h3-6,15,24H,7-12H2,1-2H3,(H2,20,25)/t15-/m1/s1. The highest BCUT2D eigenvalue weighted by atomic mass is 16.3. The first-order valence-electron chi connectivity index (χ1n) is 8.90. The lowest BCUT2D eigenvalue weighted by Crippen LogP contribution is -2.53. The maximum Gasteiger partial charge on any atom is 0.252 e. The number of hydrogen-bond donors (Lipinski definition) is 2. The smallest absolute Gasteiger partial charge is 0.252 e. The Morgan fingerprint density at radius 3 is 2.77 bits per heavy atom. The number of furan rings is 1. The first-order chi connectivity index (χ1) is 12.5. The normalized spacial score (nSPS) is 18.3. The van der Waals surface area contributed by atoms with Gasteiger partial charge in [0.2, 0.25) is 0 Å². The molecule has 0 radical (unpaired) electrons. The van der Waals surface area contributed by atoms with Crippen LogP contribution in [0.2, 0.25) is 0 Å². The predicted molar refractivity (Wildman–Crippen MR) is 99.1 cm³/mol. The molecule has 3 N–H and O–H groups in total. The van der Waals surface area contributed by atoms with Gasteiger partial charge in [0.25, 0.3) is 5.91 Å². The summed E-state index contributed by atoms with van der Waals surface area (Å²) in [5.74, 6) is 1.98. The van der Waals surface area contributed by atoms with Crippen LogP contribution in [-0.4, -0.2) is 53.2 Å². The van der Waals surface area contributed by atoms with E-state index in [2.05, 4.69) is 14.8 Å². The molecule has 140 valence electrons. The summed E-state index contributed by atoms with van der Waals surface area (Å²) in [6, 6.07) is 7.62. The van der Waals surface area contributed by atoms with Crippen molar-refractivity contribution in [1.29, 1.82) is 0 Å². The van der Waals surface area contributed by atoms with Gasteiger partial charge in [-0.2, -0.15) is 0 Å². The highest BCUT2D eigenvalue weighted by molar-refractivity contribution is 5.97. The molecule has 1 fully saturated rings. The van der Waals surface area contributed by atoms with Gasteiger partial charge in [0, 0.05) is 38.0 Å². The molecule has 0 aromatic carbocycles. The minimum absolute atomic E-state index is 0.107. The first-order valence-corrected chi connectivity index (χ1v) is 8.90. The van der Waals surface area contributed by atoms with Crippen LogP contribution < -0.4 is 10.6 Å². The van der Waals surface area contributed by atoms with Crippen molar-refractivity contribution in [3.05, 3.63) is 47.0 Å². The van der Waals surface area contributed by atoms with Crippen molar-refractivity contribution in [3.8, 4) is 0 Å². The number of anilines is 1. The number of aryl methyl sites for hydroxylation is 2. The van der Waals surface area contributed by atoms with Gasteiger partial charge < -0.3 is 20.2 Å². The van der Waals surface area contributed by atoms with Crippen molar-refractivity contribution < 1.29 is 14.3 Å². The Balaban J connectivity index is 1.79. The van der Waals surface area contributed by atoms with Gasteiger partial charge in [0.1, 0.15) is 17.3 Å². The number of aliphatic hydroxyl groups is 1. The molecular formula is C19H26N4O3. The predicted octanol–water partition coefficient (Wildman–Crippen LogP) is 1.46. The lowest BCUT2D eigenvalue weighted by molar-refractivity contribution is 0.0999. The molecule has 0 spiro atoms. The summed E-state index contributed by atoms with van der Waals surface area (Å²) in [5.41, 5.74) is 6.81. The summed E-state index contributed by atoms with van der Waals surface area (Å²) in [5, 5.41) is 9.49. The number of aliphatic hydroxyl groups excluding tert-OH is 1. The quantitative estimate of drug-likeness (QED) is 0.812. The summed E-state index contributed by atoms with van der Waals surface area (Å²) in [6.07, 6.45) is 0.647.